The Bertz CT molecular complexity index is 1050. The number of hydrogen-bond acceptors (Lipinski definition) is 2. The summed E-state index contributed by atoms with van der Waals surface area (Å²) in [5.41, 5.74) is 6.39. The van der Waals surface area contributed by atoms with Crippen LogP contribution in [-0.4, -0.2) is 0 Å². The first-order valence-corrected chi connectivity index (χ1v) is 8.27. The monoisotopic (exact) mass is 323 g/mol. The van der Waals surface area contributed by atoms with Crippen molar-refractivity contribution in [3.63, 3.8) is 0 Å². The molecular weight excluding hydrogens is 306 g/mol. The number of fused-ring (bicyclic) bond motifs is 1. The Balaban J connectivity index is 1.73. The highest BCUT2D eigenvalue weighted by molar-refractivity contribution is 5.90. The van der Waals surface area contributed by atoms with Crippen LogP contribution in [-0.2, 0) is 0 Å². The molecule has 25 heavy (non-hydrogen) atoms. The zero-order valence-electron chi connectivity index (χ0n) is 13.9. The summed E-state index contributed by atoms with van der Waals surface area (Å²) in [6.45, 7) is 2.10. The molecule has 0 aliphatic rings. The number of nitrogens with zero attached hydrogens (tertiary/aromatic N) is 1. The quantitative estimate of drug-likeness (QED) is 0.378. The predicted octanol–water partition coefficient (Wildman–Crippen LogP) is 6.88. The van der Waals surface area contributed by atoms with E-state index in [2.05, 4.69) is 72.8 Å². The van der Waals surface area contributed by atoms with E-state index in [1.807, 2.05) is 12.1 Å². The van der Waals surface area contributed by atoms with Crippen LogP contribution in [0.2, 0.25) is 0 Å². The summed E-state index contributed by atoms with van der Waals surface area (Å²) in [4.78, 5) is 10.5. The van der Waals surface area contributed by atoms with Gasteiger partial charge in [-0.15, -0.1) is 4.91 Å². The molecule has 0 fully saturated rings. The molecule has 4 aromatic rings. The third-order valence-electron chi connectivity index (χ3n) is 4.53. The van der Waals surface area contributed by atoms with E-state index in [0.29, 0.717) is 5.69 Å². The Labute approximate surface area is 146 Å². The first kappa shape index (κ1) is 15.3. The van der Waals surface area contributed by atoms with E-state index in [1.54, 1.807) is 12.1 Å². The molecular formula is C23H17NO. The van der Waals surface area contributed by atoms with Crippen molar-refractivity contribution in [1.29, 1.82) is 0 Å². The normalized spacial score (nSPS) is 10.8. The molecule has 2 nitrogen and oxygen atoms in total. The Kier molecular flexibility index (Phi) is 3.87. The third kappa shape index (κ3) is 3.07. The summed E-state index contributed by atoms with van der Waals surface area (Å²) < 4.78 is 0. The van der Waals surface area contributed by atoms with E-state index in [9.17, 15) is 4.91 Å². The summed E-state index contributed by atoms with van der Waals surface area (Å²) in [5, 5.41) is 5.36. The third-order valence-corrected chi connectivity index (χ3v) is 4.53. The molecule has 0 unspecified atom stereocenters. The average Bonchev–Trinajstić information content (AvgIpc) is 2.68. The van der Waals surface area contributed by atoms with Gasteiger partial charge in [-0.1, -0.05) is 66.2 Å². The molecule has 2 heteroatoms. The lowest BCUT2D eigenvalue weighted by Gasteiger charge is -2.07. The lowest BCUT2D eigenvalue weighted by atomic mass is 9.97. The molecule has 0 bridgehead atoms. The topological polar surface area (TPSA) is 29.4 Å². The van der Waals surface area contributed by atoms with Crippen LogP contribution in [0.1, 0.15) is 5.56 Å². The van der Waals surface area contributed by atoms with Gasteiger partial charge >= 0.3 is 0 Å². The first-order chi connectivity index (χ1) is 12.2. The Morgan fingerprint density at radius 1 is 0.560 bits per heavy atom. The van der Waals surface area contributed by atoms with Crippen molar-refractivity contribution in [3.8, 4) is 22.3 Å². The van der Waals surface area contributed by atoms with E-state index in [-0.39, 0.29) is 0 Å². The van der Waals surface area contributed by atoms with Gasteiger partial charge in [0.1, 0.15) is 5.69 Å². The number of rotatable bonds is 3. The van der Waals surface area contributed by atoms with E-state index in [4.69, 9.17) is 0 Å². The van der Waals surface area contributed by atoms with Crippen LogP contribution in [0, 0.1) is 11.8 Å². The van der Waals surface area contributed by atoms with Crippen molar-refractivity contribution in [1.82, 2.24) is 0 Å². The van der Waals surface area contributed by atoms with Crippen LogP contribution in [0.3, 0.4) is 0 Å². The fourth-order valence-corrected chi connectivity index (χ4v) is 3.07. The molecule has 0 N–H and O–H groups in total. The molecule has 0 heterocycles. The van der Waals surface area contributed by atoms with Crippen LogP contribution in [0.5, 0.6) is 0 Å². The molecule has 0 saturated heterocycles. The van der Waals surface area contributed by atoms with Crippen molar-refractivity contribution in [2.24, 2.45) is 5.18 Å². The van der Waals surface area contributed by atoms with Crippen molar-refractivity contribution in [3.05, 3.63) is 95.4 Å². The number of aryl methyl sites for hydroxylation is 1. The number of hydrogen-bond donors (Lipinski definition) is 0. The predicted molar refractivity (Wildman–Crippen MR) is 105 cm³/mol. The second-order valence-corrected chi connectivity index (χ2v) is 6.28. The maximum Gasteiger partial charge on any atom is 0.108 e. The van der Waals surface area contributed by atoms with Gasteiger partial charge in [-0.05, 0) is 69.4 Å². The Hall–Kier alpha value is -3.26. The van der Waals surface area contributed by atoms with Gasteiger partial charge in [-0.3, -0.25) is 0 Å². The summed E-state index contributed by atoms with van der Waals surface area (Å²) in [6, 6.07) is 28.9. The van der Waals surface area contributed by atoms with Crippen LogP contribution in [0.15, 0.2) is 90.1 Å². The highest BCUT2D eigenvalue weighted by Gasteiger charge is 2.03. The maximum absolute atomic E-state index is 10.5. The molecule has 4 rings (SSSR count). The molecule has 0 amide bonds. The molecule has 0 spiro atoms. The van der Waals surface area contributed by atoms with Crippen LogP contribution >= 0.6 is 0 Å². The largest absolute Gasteiger partial charge is 0.145 e. The smallest absolute Gasteiger partial charge is 0.108 e. The summed E-state index contributed by atoms with van der Waals surface area (Å²) >= 11 is 0. The van der Waals surface area contributed by atoms with Crippen LogP contribution in [0.25, 0.3) is 33.0 Å². The molecule has 4 aromatic carbocycles. The second-order valence-electron chi connectivity index (χ2n) is 6.28. The number of nitroso groups, excluding NO2 is 1. The first-order valence-electron chi connectivity index (χ1n) is 8.27. The zero-order valence-corrected chi connectivity index (χ0v) is 13.9. The fourth-order valence-electron chi connectivity index (χ4n) is 3.07. The fraction of sp³-hybridized carbons (Fsp3) is 0.0435. The van der Waals surface area contributed by atoms with Crippen LogP contribution in [0.4, 0.5) is 5.69 Å². The molecule has 0 aliphatic carbocycles. The summed E-state index contributed by atoms with van der Waals surface area (Å²) in [5.74, 6) is 0. The minimum atomic E-state index is 0.451. The van der Waals surface area contributed by atoms with Crippen molar-refractivity contribution >= 4 is 16.5 Å². The molecule has 0 saturated carbocycles. The molecule has 120 valence electrons. The minimum Gasteiger partial charge on any atom is -0.145 e. The van der Waals surface area contributed by atoms with Gasteiger partial charge < -0.3 is 0 Å². The standard InChI is InChI=1S/C23H17NO/c1-16-2-4-17(5-3-16)19-6-8-22-15-20(7-9-21(22)14-19)18-10-12-23(24-25)13-11-18/h2-15H,1H3. The van der Waals surface area contributed by atoms with Gasteiger partial charge in [0.15, 0.2) is 0 Å². The van der Waals surface area contributed by atoms with Gasteiger partial charge in [0.05, 0.1) is 0 Å². The van der Waals surface area contributed by atoms with Crippen molar-refractivity contribution in [2.45, 2.75) is 6.92 Å². The highest BCUT2D eigenvalue weighted by atomic mass is 16.3. The summed E-state index contributed by atoms with van der Waals surface area (Å²) in [6.07, 6.45) is 0. The SMILES string of the molecule is Cc1ccc(-c2ccc3cc(-c4ccc(N=O)cc4)ccc3c2)cc1. The minimum absolute atomic E-state index is 0.451. The van der Waals surface area contributed by atoms with Gasteiger partial charge in [0.25, 0.3) is 0 Å². The molecule has 0 aliphatic heterocycles. The lowest BCUT2D eigenvalue weighted by molar-refractivity contribution is 1.47. The van der Waals surface area contributed by atoms with Gasteiger partial charge in [0, 0.05) is 0 Å². The van der Waals surface area contributed by atoms with Crippen LogP contribution < -0.4 is 0 Å². The Morgan fingerprint density at radius 2 is 1.00 bits per heavy atom. The molecule has 0 aromatic heterocycles. The van der Waals surface area contributed by atoms with Crippen molar-refractivity contribution in [2.75, 3.05) is 0 Å². The van der Waals surface area contributed by atoms with E-state index < -0.39 is 0 Å². The zero-order chi connectivity index (χ0) is 17.2. The molecule has 0 atom stereocenters. The summed E-state index contributed by atoms with van der Waals surface area (Å²) in [7, 11) is 0. The lowest BCUT2D eigenvalue weighted by Crippen LogP contribution is -1.82. The maximum atomic E-state index is 10.5. The Morgan fingerprint density at radius 3 is 1.48 bits per heavy atom. The average molecular weight is 323 g/mol. The van der Waals surface area contributed by atoms with Gasteiger partial charge in [-0.25, -0.2) is 0 Å². The highest BCUT2D eigenvalue weighted by Crippen LogP contribution is 2.29. The number of benzene rings is 4. The van der Waals surface area contributed by atoms with Gasteiger partial charge in [0.2, 0.25) is 0 Å². The second kappa shape index (κ2) is 6.33. The van der Waals surface area contributed by atoms with Gasteiger partial charge in [-0.2, -0.15) is 0 Å². The van der Waals surface area contributed by atoms with E-state index >= 15 is 0 Å². The van der Waals surface area contributed by atoms with E-state index in [0.717, 1.165) is 11.1 Å². The van der Waals surface area contributed by atoms with E-state index in [1.165, 1.54) is 27.5 Å². The van der Waals surface area contributed by atoms with Crippen molar-refractivity contribution < 1.29 is 0 Å². The molecule has 0 radical (unpaired) electrons.